The summed E-state index contributed by atoms with van der Waals surface area (Å²) < 4.78 is 5.43. The fourth-order valence-corrected chi connectivity index (χ4v) is 1.43. The molecule has 1 aliphatic rings. The van der Waals surface area contributed by atoms with Crippen molar-refractivity contribution in [2.45, 2.75) is 25.9 Å². The summed E-state index contributed by atoms with van der Waals surface area (Å²) in [6.07, 6.45) is 2.69. The van der Waals surface area contributed by atoms with Crippen LogP contribution in [-0.4, -0.2) is 37.2 Å². The molecule has 1 unspecified atom stereocenters. The molecule has 0 aromatic heterocycles. The van der Waals surface area contributed by atoms with E-state index in [1.807, 2.05) is 0 Å². The van der Waals surface area contributed by atoms with Crippen molar-refractivity contribution in [1.29, 1.82) is 0 Å². The molecule has 65 valence electrons. The van der Waals surface area contributed by atoms with Crippen molar-refractivity contribution in [2.24, 2.45) is 0 Å². The van der Waals surface area contributed by atoms with Crippen LogP contribution in [0.1, 0.15) is 19.8 Å². The molecule has 0 amide bonds. The summed E-state index contributed by atoms with van der Waals surface area (Å²) in [6, 6.07) is 0. The summed E-state index contributed by atoms with van der Waals surface area (Å²) in [5, 5.41) is 0. The molecule has 1 radical (unpaired) electrons. The minimum atomic E-state index is 0.425. The van der Waals surface area contributed by atoms with Crippen molar-refractivity contribution >= 4 is 0 Å². The Morgan fingerprint density at radius 3 is 3.09 bits per heavy atom. The quantitative estimate of drug-likeness (QED) is 0.611. The van der Waals surface area contributed by atoms with Crippen molar-refractivity contribution in [3.05, 3.63) is 6.92 Å². The van der Waals surface area contributed by atoms with E-state index in [1.54, 1.807) is 0 Å². The molecule has 1 rings (SSSR count). The highest BCUT2D eigenvalue weighted by atomic mass is 16.5. The van der Waals surface area contributed by atoms with Gasteiger partial charge in [-0.05, 0) is 19.9 Å². The van der Waals surface area contributed by atoms with Crippen LogP contribution in [0.5, 0.6) is 0 Å². The molecule has 0 bridgehead atoms. The zero-order valence-electron chi connectivity index (χ0n) is 7.38. The van der Waals surface area contributed by atoms with Gasteiger partial charge in [-0.1, -0.05) is 13.3 Å². The SMILES string of the molecule is [CH2]CCCN1CCOC(C)C1. The Morgan fingerprint density at radius 2 is 2.45 bits per heavy atom. The van der Waals surface area contributed by atoms with Gasteiger partial charge < -0.3 is 4.74 Å². The zero-order chi connectivity index (χ0) is 8.10. The lowest BCUT2D eigenvalue weighted by Gasteiger charge is -2.30. The molecule has 0 aromatic rings. The summed E-state index contributed by atoms with van der Waals surface area (Å²) in [7, 11) is 0. The van der Waals surface area contributed by atoms with Gasteiger partial charge in [-0.3, -0.25) is 4.90 Å². The first-order chi connectivity index (χ1) is 5.33. The standard InChI is InChI=1S/C9H18NO/c1-3-4-5-10-6-7-11-9(2)8-10/h9H,1,3-8H2,2H3. The van der Waals surface area contributed by atoms with E-state index in [9.17, 15) is 0 Å². The maximum absolute atomic E-state index is 5.43. The summed E-state index contributed by atoms with van der Waals surface area (Å²) in [5.41, 5.74) is 0. The van der Waals surface area contributed by atoms with E-state index in [0.29, 0.717) is 6.10 Å². The lowest BCUT2D eigenvalue weighted by molar-refractivity contribution is -0.0183. The third-order valence-electron chi connectivity index (χ3n) is 2.05. The number of unbranched alkanes of at least 4 members (excludes halogenated alkanes) is 1. The fourth-order valence-electron chi connectivity index (χ4n) is 1.43. The van der Waals surface area contributed by atoms with Gasteiger partial charge in [-0.15, -0.1) is 0 Å². The highest BCUT2D eigenvalue weighted by Gasteiger charge is 2.14. The molecule has 0 N–H and O–H groups in total. The Labute approximate surface area is 69.5 Å². The molecule has 11 heavy (non-hydrogen) atoms. The minimum absolute atomic E-state index is 0.425. The molecule has 1 atom stereocenters. The zero-order valence-corrected chi connectivity index (χ0v) is 7.38. The molecule has 1 saturated heterocycles. The van der Waals surface area contributed by atoms with Gasteiger partial charge in [0.2, 0.25) is 0 Å². The van der Waals surface area contributed by atoms with Crippen molar-refractivity contribution in [1.82, 2.24) is 4.90 Å². The maximum Gasteiger partial charge on any atom is 0.0674 e. The van der Waals surface area contributed by atoms with Gasteiger partial charge in [-0.25, -0.2) is 0 Å². The average molecular weight is 156 g/mol. The van der Waals surface area contributed by atoms with Crippen molar-refractivity contribution in [3.8, 4) is 0 Å². The first kappa shape index (κ1) is 9.01. The predicted octanol–water partition coefficient (Wildman–Crippen LogP) is 1.32. The Hall–Kier alpha value is -0.0800. The van der Waals surface area contributed by atoms with Crippen LogP contribution in [0.15, 0.2) is 0 Å². The van der Waals surface area contributed by atoms with E-state index in [-0.39, 0.29) is 0 Å². The van der Waals surface area contributed by atoms with E-state index in [0.717, 1.165) is 26.1 Å². The lowest BCUT2D eigenvalue weighted by Crippen LogP contribution is -2.41. The van der Waals surface area contributed by atoms with E-state index in [2.05, 4.69) is 18.7 Å². The topological polar surface area (TPSA) is 12.5 Å². The molecule has 0 saturated carbocycles. The van der Waals surface area contributed by atoms with Gasteiger partial charge in [0, 0.05) is 13.1 Å². The van der Waals surface area contributed by atoms with Gasteiger partial charge in [0.05, 0.1) is 12.7 Å². The number of hydrogen-bond acceptors (Lipinski definition) is 2. The van der Waals surface area contributed by atoms with Gasteiger partial charge in [0.15, 0.2) is 0 Å². The van der Waals surface area contributed by atoms with Crippen LogP contribution in [0.25, 0.3) is 0 Å². The van der Waals surface area contributed by atoms with Crippen LogP contribution < -0.4 is 0 Å². The Kier molecular flexibility index (Phi) is 3.87. The molecular weight excluding hydrogens is 138 g/mol. The Morgan fingerprint density at radius 1 is 1.64 bits per heavy atom. The van der Waals surface area contributed by atoms with Gasteiger partial charge in [-0.2, -0.15) is 0 Å². The number of ether oxygens (including phenoxy) is 1. The highest BCUT2D eigenvalue weighted by molar-refractivity contribution is 4.67. The molecule has 2 heteroatoms. The Balaban J connectivity index is 2.12. The van der Waals surface area contributed by atoms with Gasteiger partial charge in [0.25, 0.3) is 0 Å². The molecule has 1 fully saturated rings. The van der Waals surface area contributed by atoms with Crippen molar-refractivity contribution in [3.63, 3.8) is 0 Å². The normalized spacial score (nSPS) is 27.3. The molecule has 1 aliphatic heterocycles. The number of hydrogen-bond donors (Lipinski definition) is 0. The molecular formula is C9H18NO. The van der Waals surface area contributed by atoms with Crippen LogP contribution in [0.4, 0.5) is 0 Å². The van der Waals surface area contributed by atoms with Crippen LogP contribution in [-0.2, 0) is 4.74 Å². The van der Waals surface area contributed by atoms with Crippen LogP contribution in [0.2, 0.25) is 0 Å². The first-order valence-electron chi connectivity index (χ1n) is 4.46. The lowest BCUT2D eigenvalue weighted by atomic mass is 10.2. The van der Waals surface area contributed by atoms with Gasteiger partial charge in [0.1, 0.15) is 0 Å². The number of nitrogens with zero attached hydrogens (tertiary/aromatic N) is 1. The number of morpholine rings is 1. The predicted molar refractivity (Wildman–Crippen MR) is 46.4 cm³/mol. The van der Waals surface area contributed by atoms with Crippen LogP contribution >= 0.6 is 0 Å². The molecule has 0 spiro atoms. The third-order valence-corrected chi connectivity index (χ3v) is 2.05. The fraction of sp³-hybridized carbons (Fsp3) is 0.889. The molecule has 0 aromatic carbocycles. The van der Waals surface area contributed by atoms with E-state index < -0.39 is 0 Å². The monoisotopic (exact) mass is 156 g/mol. The second-order valence-corrected chi connectivity index (χ2v) is 3.19. The molecule has 0 aliphatic carbocycles. The average Bonchev–Trinajstić information content (AvgIpc) is 2.01. The molecule has 1 heterocycles. The van der Waals surface area contributed by atoms with E-state index >= 15 is 0 Å². The van der Waals surface area contributed by atoms with Crippen molar-refractivity contribution < 1.29 is 4.74 Å². The summed E-state index contributed by atoms with van der Waals surface area (Å²) in [4.78, 5) is 2.46. The smallest absolute Gasteiger partial charge is 0.0674 e. The first-order valence-corrected chi connectivity index (χ1v) is 4.46. The summed E-state index contributed by atoms with van der Waals surface area (Å²) in [6.45, 7) is 10.3. The van der Waals surface area contributed by atoms with E-state index in [4.69, 9.17) is 4.74 Å². The van der Waals surface area contributed by atoms with Crippen LogP contribution in [0.3, 0.4) is 0 Å². The van der Waals surface area contributed by atoms with E-state index in [1.165, 1.54) is 13.0 Å². The Bertz CT molecular complexity index is 106. The third kappa shape index (κ3) is 3.21. The largest absolute Gasteiger partial charge is 0.376 e. The second kappa shape index (κ2) is 4.73. The minimum Gasteiger partial charge on any atom is -0.376 e. The molecule has 2 nitrogen and oxygen atoms in total. The highest BCUT2D eigenvalue weighted by Crippen LogP contribution is 2.04. The van der Waals surface area contributed by atoms with Crippen LogP contribution in [0, 0.1) is 6.92 Å². The number of rotatable bonds is 3. The summed E-state index contributed by atoms with van der Waals surface area (Å²) >= 11 is 0. The second-order valence-electron chi connectivity index (χ2n) is 3.19. The maximum atomic E-state index is 5.43. The van der Waals surface area contributed by atoms with Gasteiger partial charge >= 0.3 is 0 Å². The summed E-state index contributed by atoms with van der Waals surface area (Å²) in [5.74, 6) is 0. The van der Waals surface area contributed by atoms with Crippen molar-refractivity contribution in [2.75, 3.05) is 26.2 Å².